The fourth-order valence-corrected chi connectivity index (χ4v) is 6.63. The molecule has 0 spiro atoms. The second-order valence-electron chi connectivity index (χ2n) is 13.5. The van der Waals surface area contributed by atoms with Gasteiger partial charge in [0.2, 0.25) is 18.1 Å². The van der Waals surface area contributed by atoms with Gasteiger partial charge in [-0.2, -0.15) is 0 Å². The fourth-order valence-electron chi connectivity index (χ4n) is 6.63. The number of aromatic amines is 1. The van der Waals surface area contributed by atoms with Crippen molar-refractivity contribution in [3.05, 3.63) is 44.9 Å². The first kappa shape index (κ1) is 40.2. The molecule has 3 aliphatic heterocycles. The topological polar surface area (TPSA) is 254 Å². The normalized spacial score (nSPS) is 30.1. The number of aromatic nitrogens is 2. The fraction of sp³-hybridized carbons (Fsp3) is 0.735. The van der Waals surface area contributed by atoms with E-state index in [1.807, 2.05) is 6.92 Å². The van der Waals surface area contributed by atoms with Crippen molar-refractivity contribution in [2.75, 3.05) is 13.2 Å². The lowest BCUT2D eigenvalue weighted by molar-refractivity contribution is -0.239. The summed E-state index contributed by atoms with van der Waals surface area (Å²) in [4.78, 5) is 65.4. The summed E-state index contributed by atoms with van der Waals surface area (Å²) >= 11 is 0. The number of hydrogen-bond acceptors (Lipinski definition) is 12. The molecule has 1 aromatic heterocycles. The van der Waals surface area contributed by atoms with E-state index in [0.29, 0.717) is 19.3 Å². The van der Waals surface area contributed by atoms with Crippen LogP contribution in [0.25, 0.3) is 0 Å². The highest BCUT2D eigenvalue weighted by Gasteiger charge is 2.53. The molecular weight excluding hydrogens is 670 g/mol. The standard InChI is InChI=1S/C34H53N5O12/c1-3-4-5-6-7-8-9-10-16-48-27-20(18-40)26(50-32(27)39-15-14-24(42)38-34(39)47)28(29(35)44)51-33-25(43)22(41)17-23(49-33)31(46)37-21-13-11-12-19(2)36-30(21)45/h14-15,17,19-22,25-28,32-33,40-41,43H,3-13,16,18H2,1-2H3,(H2,35,44)(H,36,45)(H,37,46)(H,38,42,47)/t19-,20-,21+,22+,25+,26+,27-,28-,32-,33-/m1/s1. The van der Waals surface area contributed by atoms with Gasteiger partial charge in [0.15, 0.2) is 18.1 Å². The SMILES string of the molecule is CCCCCCCCCCO[C@@H]1[C@H](CO)[C@@H]([C@@H](O[C@H]2OC(C(=O)N[C@H]3CCC[C@@H](C)NC3=O)=C[C@H](O)[C@@H]2O)C(N)=O)O[C@H]1n1ccc(=O)[nH]c1=O. The number of H-pyrrole nitrogens is 1. The second-order valence-corrected chi connectivity index (χ2v) is 13.5. The highest BCUT2D eigenvalue weighted by Crippen LogP contribution is 2.39. The number of ether oxygens (including phenoxy) is 4. The Morgan fingerprint density at radius 3 is 2.47 bits per heavy atom. The lowest BCUT2D eigenvalue weighted by Gasteiger charge is -2.35. The zero-order valence-electron chi connectivity index (χ0n) is 29.2. The van der Waals surface area contributed by atoms with E-state index in [9.17, 15) is 39.3 Å². The Bertz CT molecular complexity index is 1470. The van der Waals surface area contributed by atoms with Crippen molar-refractivity contribution < 1.29 is 48.7 Å². The zero-order chi connectivity index (χ0) is 37.1. The molecule has 0 radical (unpaired) electrons. The molecule has 0 bridgehead atoms. The van der Waals surface area contributed by atoms with Crippen LogP contribution < -0.4 is 27.6 Å². The van der Waals surface area contributed by atoms with Gasteiger partial charge in [-0.3, -0.25) is 28.7 Å². The van der Waals surface area contributed by atoms with Gasteiger partial charge in [0, 0.05) is 30.8 Å². The van der Waals surface area contributed by atoms with E-state index in [-0.39, 0.29) is 18.6 Å². The summed E-state index contributed by atoms with van der Waals surface area (Å²) in [5, 5.41) is 37.3. The smallest absolute Gasteiger partial charge is 0.330 e. The number of nitrogens with two attached hydrogens (primary N) is 1. The van der Waals surface area contributed by atoms with Gasteiger partial charge in [0.1, 0.15) is 30.5 Å². The third-order valence-corrected chi connectivity index (χ3v) is 9.48. The van der Waals surface area contributed by atoms with Gasteiger partial charge in [-0.15, -0.1) is 0 Å². The van der Waals surface area contributed by atoms with Crippen LogP contribution in [-0.2, 0) is 33.3 Å². The molecule has 2 fully saturated rings. The van der Waals surface area contributed by atoms with Crippen LogP contribution in [0.1, 0.15) is 90.7 Å². The van der Waals surface area contributed by atoms with Crippen LogP contribution in [0.2, 0.25) is 0 Å². The number of aliphatic hydroxyl groups is 3. The maximum absolute atomic E-state index is 13.1. The molecule has 0 unspecified atom stereocenters. The number of primary amides is 1. The van der Waals surface area contributed by atoms with Crippen molar-refractivity contribution in [3.8, 4) is 0 Å². The maximum atomic E-state index is 13.1. The van der Waals surface area contributed by atoms with Crippen molar-refractivity contribution in [2.45, 2.75) is 140 Å². The summed E-state index contributed by atoms with van der Waals surface area (Å²) in [5.74, 6) is -3.83. The molecule has 286 valence electrons. The van der Waals surface area contributed by atoms with Gasteiger partial charge in [0.05, 0.1) is 6.61 Å². The first-order valence-electron chi connectivity index (χ1n) is 17.9. The van der Waals surface area contributed by atoms with Crippen LogP contribution in [0.4, 0.5) is 0 Å². The Kier molecular flexibility index (Phi) is 15.2. The molecule has 1 aromatic rings. The molecule has 4 heterocycles. The number of hydrogen-bond donors (Lipinski definition) is 7. The third-order valence-electron chi connectivity index (χ3n) is 9.48. The largest absolute Gasteiger partial charge is 0.456 e. The van der Waals surface area contributed by atoms with Crippen molar-refractivity contribution in [1.82, 2.24) is 20.2 Å². The van der Waals surface area contributed by atoms with E-state index in [1.165, 1.54) is 19.0 Å². The van der Waals surface area contributed by atoms with E-state index >= 15 is 0 Å². The quantitative estimate of drug-likeness (QED) is 0.0954. The van der Waals surface area contributed by atoms with Crippen LogP contribution in [0.15, 0.2) is 33.7 Å². The molecule has 10 atom stereocenters. The molecule has 3 amide bonds. The second kappa shape index (κ2) is 19.3. The lowest BCUT2D eigenvalue weighted by atomic mass is 9.94. The van der Waals surface area contributed by atoms with Gasteiger partial charge in [0.25, 0.3) is 11.5 Å². The van der Waals surface area contributed by atoms with E-state index in [0.717, 1.165) is 55.2 Å². The van der Waals surface area contributed by atoms with Crippen molar-refractivity contribution >= 4 is 17.7 Å². The summed E-state index contributed by atoms with van der Waals surface area (Å²) in [6.45, 7) is 3.64. The summed E-state index contributed by atoms with van der Waals surface area (Å²) in [6, 6.07) is 0.167. The number of carbonyl (C=O) groups is 3. The monoisotopic (exact) mass is 723 g/mol. The van der Waals surface area contributed by atoms with Gasteiger partial charge < -0.3 is 50.6 Å². The van der Waals surface area contributed by atoms with E-state index in [1.54, 1.807) is 0 Å². The Morgan fingerprint density at radius 2 is 1.80 bits per heavy atom. The predicted octanol–water partition coefficient (Wildman–Crippen LogP) is -0.426. The lowest BCUT2D eigenvalue weighted by Crippen LogP contribution is -2.54. The molecule has 17 nitrogen and oxygen atoms in total. The van der Waals surface area contributed by atoms with Crippen molar-refractivity contribution in [1.29, 1.82) is 0 Å². The van der Waals surface area contributed by atoms with Crippen LogP contribution in [-0.4, -0.2) is 105 Å². The zero-order valence-corrected chi connectivity index (χ0v) is 29.2. The Morgan fingerprint density at radius 1 is 1.10 bits per heavy atom. The molecule has 8 N–H and O–H groups in total. The summed E-state index contributed by atoms with van der Waals surface area (Å²) in [6.07, 6.45) is 1.58. The number of nitrogens with one attached hydrogen (secondary N) is 3. The molecule has 0 saturated carbocycles. The third kappa shape index (κ3) is 10.7. The number of nitrogens with zero attached hydrogens (tertiary/aromatic N) is 1. The van der Waals surface area contributed by atoms with Crippen LogP contribution in [0, 0.1) is 5.92 Å². The van der Waals surface area contributed by atoms with E-state index in [4.69, 9.17) is 24.7 Å². The number of rotatable bonds is 18. The molecule has 0 aromatic carbocycles. The van der Waals surface area contributed by atoms with Crippen molar-refractivity contribution in [3.63, 3.8) is 0 Å². The van der Waals surface area contributed by atoms with Gasteiger partial charge in [-0.1, -0.05) is 51.9 Å². The number of carbonyl (C=O) groups excluding carboxylic acids is 3. The van der Waals surface area contributed by atoms with Gasteiger partial charge >= 0.3 is 5.69 Å². The molecule has 0 aliphatic carbocycles. The molecule has 2 saturated heterocycles. The molecule has 4 rings (SSSR count). The average molecular weight is 724 g/mol. The summed E-state index contributed by atoms with van der Waals surface area (Å²) in [7, 11) is 0. The van der Waals surface area contributed by atoms with Crippen LogP contribution in [0.3, 0.4) is 0 Å². The minimum atomic E-state index is -1.83. The minimum Gasteiger partial charge on any atom is -0.456 e. The first-order valence-corrected chi connectivity index (χ1v) is 17.9. The Labute approximate surface area is 295 Å². The highest BCUT2D eigenvalue weighted by molar-refractivity contribution is 5.95. The molecule has 17 heteroatoms. The average Bonchev–Trinajstić information content (AvgIpc) is 3.35. The van der Waals surface area contributed by atoms with E-state index < -0.39 is 90.4 Å². The molecule has 51 heavy (non-hydrogen) atoms. The summed E-state index contributed by atoms with van der Waals surface area (Å²) in [5.41, 5.74) is 4.27. The maximum Gasteiger partial charge on any atom is 0.330 e. The number of unbranched alkanes of at least 4 members (excludes halogenated alkanes) is 7. The van der Waals surface area contributed by atoms with Crippen LogP contribution in [0.5, 0.6) is 0 Å². The number of amides is 3. The number of aliphatic hydroxyl groups excluding tert-OH is 3. The minimum absolute atomic E-state index is 0.0666. The van der Waals surface area contributed by atoms with Crippen molar-refractivity contribution in [2.24, 2.45) is 11.7 Å². The Hall–Kier alpha value is -3.61. The van der Waals surface area contributed by atoms with Crippen LogP contribution >= 0.6 is 0 Å². The highest BCUT2D eigenvalue weighted by atomic mass is 16.7. The molecule has 3 aliphatic rings. The van der Waals surface area contributed by atoms with Gasteiger partial charge in [-0.25, -0.2) is 4.79 Å². The van der Waals surface area contributed by atoms with E-state index in [2.05, 4.69) is 22.5 Å². The van der Waals surface area contributed by atoms with Gasteiger partial charge in [-0.05, 0) is 38.7 Å². The Balaban J connectivity index is 1.49. The summed E-state index contributed by atoms with van der Waals surface area (Å²) < 4.78 is 24.8. The predicted molar refractivity (Wildman–Crippen MR) is 181 cm³/mol. The molecular formula is C34H53N5O12. The first-order chi connectivity index (χ1) is 24.4.